The van der Waals surface area contributed by atoms with E-state index in [4.69, 9.17) is 16.7 Å². The average Bonchev–Trinajstić information content (AvgIpc) is 2.69. The molecule has 0 aliphatic heterocycles. The molecule has 0 radical (unpaired) electrons. The van der Waals surface area contributed by atoms with E-state index in [0.717, 1.165) is 23.6 Å². The lowest BCUT2D eigenvalue weighted by Gasteiger charge is -2.05. The van der Waals surface area contributed by atoms with Crippen LogP contribution in [0.1, 0.15) is 29.4 Å². The Kier molecular flexibility index (Phi) is 7.27. The van der Waals surface area contributed by atoms with Gasteiger partial charge in [-0.2, -0.15) is 16.9 Å². The third-order valence-corrected chi connectivity index (χ3v) is 4.09. The van der Waals surface area contributed by atoms with Gasteiger partial charge in [-0.15, -0.1) is 0 Å². The summed E-state index contributed by atoms with van der Waals surface area (Å²) >= 11 is 7.78. The highest BCUT2D eigenvalue weighted by molar-refractivity contribution is 7.99. The maximum atomic E-state index is 12.0. The number of carbonyl (C=O) groups is 1. The minimum atomic E-state index is -0.169. The Balaban J connectivity index is 2.45. The predicted molar refractivity (Wildman–Crippen MR) is 79.0 cm³/mol. The van der Waals surface area contributed by atoms with Crippen LogP contribution in [0.5, 0.6) is 0 Å². The van der Waals surface area contributed by atoms with E-state index in [1.807, 2.05) is 6.92 Å². The molecule has 0 aliphatic carbocycles. The molecule has 0 unspecified atom stereocenters. The number of aromatic nitrogens is 2. The smallest absolute Gasteiger partial charge is 0.256 e. The number of rotatable bonds is 8. The SMILES string of the molecule is CCc1nn(C)c(Cl)c1C(=O)NCCSCCCO. The Morgan fingerprint density at radius 2 is 2.26 bits per heavy atom. The van der Waals surface area contributed by atoms with E-state index in [2.05, 4.69) is 10.4 Å². The van der Waals surface area contributed by atoms with Gasteiger partial charge in [0.05, 0.1) is 11.3 Å². The molecular formula is C12H20ClN3O2S. The summed E-state index contributed by atoms with van der Waals surface area (Å²) in [7, 11) is 1.73. The van der Waals surface area contributed by atoms with Crippen molar-refractivity contribution in [3.8, 4) is 0 Å². The third-order valence-electron chi connectivity index (χ3n) is 2.59. The largest absolute Gasteiger partial charge is 0.396 e. The number of nitrogens with zero attached hydrogens (tertiary/aromatic N) is 2. The van der Waals surface area contributed by atoms with Crippen molar-refractivity contribution in [2.24, 2.45) is 7.05 Å². The molecule has 1 amide bonds. The fourth-order valence-electron chi connectivity index (χ4n) is 1.62. The number of thioether (sulfide) groups is 1. The molecule has 108 valence electrons. The molecule has 19 heavy (non-hydrogen) atoms. The lowest BCUT2D eigenvalue weighted by atomic mass is 10.2. The number of hydrogen-bond acceptors (Lipinski definition) is 4. The summed E-state index contributed by atoms with van der Waals surface area (Å²) in [5.74, 6) is 1.56. The number of carbonyl (C=O) groups excluding carboxylic acids is 1. The highest BCUT2D eigenvalue weighted by Crippen LogP contribution is 2.19. The Hall–Kier alpha value is -0.720. The molecular weight excluding hydrogens is 286 g/mol. The number of nitrogens with one attached hydrogen (secondary N) is 1. The third kappa shape index (κ3) is 4.71. The van der Waals surface area contributed by atoms with Crippen molar-refractivity contribution in [2.45, 2.75) is 19.8 Å². The van der Waals surface area contributed by atoms with Gasteiger partial charge >= 0.3 is 0 Å². The van der Waals surface area contributed by atoms with Crippen LogP contribution in [-0.2, 0) is 13.5 Å². The van der Waals surface area contributed by atoms with Crippen molar-refractivity contribution < 1.29 is 9.90 Å². The van der Waals surface area contributed by atoms with Gasteiger partial charge in [-0.3, -0.25) is 9.48 Å². The molecule has 0 atom stereocenters. The van der Waals surface area contributed by atoms with E-state index in [1.54, 1.807) is 18.8 Å². The van der Waals surface area contributed by atoms with Crippen molar-refractivity contribution in [2.75, 3.05) is 24.7 Å². The number of halogens is 1. The van der Waals surface area contributed by atoms with Gasteiger partial charge in [-0.25, -0.2) is 0 Å². The Labute approximate surface area is 122 Å². The van der Waals surface area contributed by atoms with Gasteiger partial charge < -0.3 is 10.4 Å². The molecule has 0 aromatic carbocycles. The Morgan fingerprint density at radius 3 is 2.89 bits per heavy atom. The van der Waals surface area contributed by atoms with Crippen LogP contribution in [0.2, 0.25) is 5.15 Å². The highest BCUT2D eigenvalue weighted by Gasteiger charge is 2.19. The normalized spacial score (nSPS) is 10.7. The van der Waals surface area contributed by atoms with Gasteiger partial charge in [-0.05, 0) is 18.6 Å². The van der Waals surface area contributed by atoms with Gasteiger partial charge in [0.15, 0.2) is 0 Å². The molecule has 0 spiro atoms. The number of aliphatic hydroxyl groups excluding tert-OH is 1. The van der Waals surface area contributed by atoms with E-state index >= 15 is 0 Å². The summed E-state index contributed by atoms with van der Waals surface area (Å²) < 4.78 is 1.52. The molecule has 7 heteroatoms. The minimum Gasteiger partial charge on any atom is -0.396 e. The summed E-state index contributed by atoms with van der Waals surface area (Å²) in [4.78, 5) is 12.0. The van der Waals surface area contributed by atoms with Gasteiger partial charge in [0.25, 0.3) is 5.91 Å². The standard InChI is InChI=1S/C12H20ClN3O2S/c1-3-9-10(11(13)16(2)15-9)12(18)14-5-8-19-7-4-6-17/h17H,3-8H2,1-2H3,(H,14,18). The molecule has 2 N–H and O–H groups in total. The van der Waals surface area contributed by atoms with Crippen molar-refractivity contribution in [3.63, 3.8) is 0 Å². The fraction of sp³-hybridized carbons (Fsp3) is 0.667. The van der Waals surface area contributed by atoms with Crippen LogP contribution >= 0.6 is 23.4 Å². The van der Waals surface area contributed by atoms with Gasteiger partial charge in [0.2, 0.25) is 0 Å². The number of aliphatic hydroxyl groups is 1. The Morgan fingerprint density at radius 1 is 1.53 bits per heavy atom. The molecule has 0 saturated heterocycles. The second-order valence-electron chi connectivity index (χ2n) is 4.04. The fourth-order valence-corrected chi connectivity index (χ4v) is 2.64. The second-order valence-corrected chi connectivity index (χ2v) is 5.62. The van der Waals surface area contributed by atoms with E-state index in [9.17, 15) is 4.79 Å². The van der Waals surface area contributed by atoms with Gasteiger partial charge in [0.1, 0.15) is 5.15 Å². The summed E-state index contributed by atoms with van der Waals surface area (Å²) in [6.45, 7) is 2.74. The van der Waals surface area contributed by atoms with Crippen LogP contribution < -0.4 is 5.32 Å². The van der Waals surface area contributed by atoms with Crippen molar-refractivity contribution >= 4 is 29.3 Å². The lowest BCUT2D eigenvalue weighted by molar-refractivity contribution is 0.0955. The highest BCUT2D eigenvalue weighted by atomic mass is 35.5. The quantitative estimate of drug-likeness (QED) is 0.714. The van der Waals surface area contributed by atoms with E-state index in [-0.39, 0.29) is 12.5 Å². The number of hydrogen-bond donors (Lipinski definition) is 2. The average molecular weight is 306 g/mol. The van der Waals surface area contributed by atoms with Crippen molar-refractivity contribution in [1.29, 1.82) is 0 Å². The lowest BCUT2D eigenvalue weighted by Crippen LogP contribution is -2.26. The Bertz CT molecular complexity index is 423. The summed E-state index contributed by atoms with van der Waals surface area (Å²) in [6.07, 6.45) is 1.46. The first-order valence-electron chi connectivity index (χ1n) is 6.30. The summed E-state index contributed by atoms with van der Waals surface area (Å²) in [5, 5.41) is 16.1. The first kappa shape index (κ1) is 16.3. The molecule has 0 fully saturated rings. The zero-order valence-corrected chi connectivity index (χ0v) is 12.9. The van der Waals surface area contributed by atoms with E-state index in [1.165, 1.54) is 4.68 Å². The molecule has 5 nitrogen and oxygen atoms in total. The monoisotopic (exact) mass is 305 g/mol. The van der Waals surface area contributed by atoms with Crippen molar-refractivity contribution in [1.82, 2.24) is 15.1 Å². The number of amides is 1. The van der Waals surface area contributed by atoms with Crippen LogP contribution in [0.3, 0.4) is 0 Å². The minimum absolute atomic E-state index is 0.169. The van der Waals surface area contributed by atoms with E-state index in [0.29, 0.717) is 23.7 Å². The van der Waals surface area contributed by atoms with Gasteiger partial charge in [-0.1, -0.05) is 18.5 Å². The van der Waals surface area contributed by atoms with Crippen LogP contribution in [0.4, 0.5) is 0 Å². The molecule has 1 rings (SSSR count). The molecule has 1 aromatic rings. The molecule has 0 bridgehead atoms. The first-order chi connectivity index (χ1) is 9.11. The van der Waals surface area contributed by atoms with Crippen LogP contribution in [0, 0.1) is 0 Å². The zero-order chi connectivity index (χ0) is 14.3. The maximum absolute atomic E-state index is 12.0. The van der Waals surface area contributed by atoms with Crippen LogP contribution in [0.25, 0.3) is 0 Å². The predicted octanol–water partition coefficient (Wildman–Crippen LogP) is 1.48. The summed E-state index contributed by atoms with van der Waals surface area (Å²) in [6, 6.07) is 0. The second kappa shape index (κ2) is 8.45. The van der Waals surface area contributed by atoms with Gasteiger partial charge in [0, 0.05) is 26.0 Å². The first-order valence-corrected chi connectivity index (χ1v) is 7.83. The molecule has 1 aromatic heterocycles. The van der Waals surface area contributed by atoms with Crippen LogP contribution in [0.15, 0.2) is 0 Å². The molecule has 1 heterocycles. The number of aryl methyl sites for hydroxylation is 2. The molecule has 0 aliphatic rings. The maximum Gasteiger partial charge on any atom is 0.256 e. The summed E-state index contributed by atoms with van der Waals surface area (Å²) in [5.41, 5.74) is 1.20. The topological polar surface area (TPSA) is 67.2 Å². The van der Waals surface area contributed by atoms with Crippen molar-refractivity contribution in [3.05, 3.63) is 16.4 Å². The van der Waals surface area contributed by atoms with Crippen LogP contribution in [-0.4, -0.2) is 45.5 Å². The zero-order valence-electron chi connectivity index (χ0n) is 11.3. The van der Waals surface area contributed by atoms with E-state index < -0.39 is 0 Å². The molecule has 0 saturated carbocycles.